The van der Waals surface area contributed by atoms with Crippen molar-refractivity contribution >= 4 is 42.3 Å². The van der Waals surface area contributed by atoms with E-state index in [2.05, 4.69) is 49.3 Å². The molecule has 8 nitrogen and oxygen atoms in total. The molecule has 0 saturated carbocycles. The summed E-state index contributed by atoms with van der Waals surface area (Å²) in [6.45, 7) is 13.0. The van der Waals surface area contributed by atoms with Crippen LogP contribution in [0.2, 0.25) is 23.2 Å². The molecule has 0 saturated heterocycles. The highest BCUT2D eigenvalue weighted by atomic mass is 35.5. The smallest absolute Gasteiger partial charge is 0.326 e. The fraction of sp³-hybridized carbons (Fsp3) is 0.417. The zero-order valence-electron chi connectivity index (χ0n) is 21.4. The highest BCUT2D eigenvalue weighted by Crippen LogP contribution is 2.38. The predicted octanol–water partition coefficient (Wildman–Crippen LogP) is 5.75. The van der Waals surface area contributed by atoms with Crippen molar-refractivity contribution in [2.75, 3.05) is 19.0 Å². The maximum absolute atomic E-state index is 15.0. The summed E-state index contributed by atoms with van der Waals surface area (Å²) in [5.41, 5.74) is 0.947. The molecule has 0 fully saturated rings. The molecule has 2 aromatic heterocycles. The van der Waals surface area contributed by atoms with Gasteiger partial charge in [-0.3, -0.25) is 19.9 Å². The number of aryl methyl sites for hydroxylation is 1. The van der Waals surface area contributed by atoms with Crippen LogP contribution < -0.4 is 14.9 Å². The van der Waals surface area contributed by atoms with Crippen molar-refractivity contribution in [2.45, 2.75) is 52.4 Å². The first kappa shape index (κ1) is 28.0. The first-order valence-corrected chi connectivity index (χ1v) is 15.4. The Labute approximate surface area is 219 Å². The molecule has 2 heterocycles. The summed E-state index contributed by atoms with van der Waals surface area (Å²) in [4.78, 5) is 29.5. The lowest BCUT2D eigenvalue weighted by Gasteiger charge is -2.36. The largest absolute Gasteiger partial charge is 0.496 e. The van der Waals surface area contributed by atoms with Gasteiger partial charge in [-0.05, 0) is 54.6 Å². The molecule has 0 aliphatic heterocycles. The molecular formula is C24H30ClFN4O4SSi. The third-order valence-electron chi connectivity index (χ3n) is 6.23. The van der Waals surface area contributed by atoms with E-state index in [9.17, 15) is 9.59 Å². The van der Waals surface area contributed by atoms with Gasteiger partial charge >= 0.3 is 4.87 Å². The second-order valence-corrected chi connectivity index (χ2v) is 15.9. The molecule has 36 heavy (non-hydrogen) atoms. The highest BCUT2D eigenvalue weighted by Gasteiger charge is 2.37. The van der Waals surface area contributed by atoms with E-state index < -0.39 is 20.0 Å². The Morgan fingerprint density at radius 3 is 2.64 bits per heavy atom. The van der Waals surface area contributed by atoms with Crippen molar-refractivity contribution in [2.24, 2.45) is 0 Å². The number of carbonyl (C=O) groups is 1. The number of halogens is 2. The van der Waals surface area contributed by atoms with E-state index in [-0.39, 0.29) is 49.1 Å². The van der Waals surface area contributed by atoms with Gasteiger partial charge in [0.15, 0.2) is 14.1 Å². The topological polar surface area (TPSA) is 95.3 Å². The molecule has 1 amide bonds. The van der Waals surface area contributed by atoms with Gasteiger partial charge in [0.2, 0.25) is 5.13 Å². The Hall–Kier alpha value is -2.60. The molecule has 3 rings (SSSR count). The van der Waals surface area contributed by atoms with Gasteiger partial charge in [0.05, 0.1) is 36.4 Å². The number of amides is 1. The predicted molar refractivity (Wildman–Crippen MR) is 143 cm³/mol. The third-order valence-corrected chi connectivity index (χ3v) is 11.8. The second-order valence-electron chi connectivity index (χ2n) is 9.77. The Kier molecular flexibility index (Phi) is 8.39. The van der Waals surface area contributed by atoms with Crippen molar-refractivity contribution in [1.82, 2.24) is 14.8 Å². The normalized spacial score (nSPS) is 12.0. The fourth-order valence-corrected chi connectivity index (χ4v) is 5.05. The summed E-state index contributed by atoms with van der Waals surface area (Å²) < 4.78 is 27.7. The monoisotopic (exact) mass is 552 g/mol. The zero-order chi connectivity index (χ0) is 26.8. The molecule has 1 N–H and O–H groups in total. The number of hydrogen-bond donors (Lipinski definition) is 1. The van der Waals surface area contributed by atoms with Gasteiger partial charge in [-0.2, -0.15) is 0 Å². The van der Waals surface area contributed by atoms with E-state index in [4.69, 9.17) is 20.8 Å². The summed E-state index contributed by atoms with van der Waals surface area (Å²) in [7, 11) is -0.565. The Morgan fingerprint density at radius 1 is 1.31 bits per heavy atom. The maximum atomic E-state index is 15.0. The second kappa shape index (κ2) is 10.8. The van der Waals surface area contributed by atoms with Gasteiger partial charge in [0.25, 0.3) is 5.91 Å². The van der Waals surface area contributed by atoms with Crippen LogP contribution in [0.3, 0.4) is 0 Å². The summed E-state index contributed by atoms with van der Waals surface area (Å²) in [6, 6.07) is 4.48. The summed E-state index contributed by atoms with van der Waals surface area (Å²) in [6.07, 6.45) is 1.34. The number of aromatic nitrogens is 3. The van der Waals surface area contributed by atoms with Crippen molar-refractivity contribution in [3.05, 3.63) is 56.2 Å². The first-order chi connectivity index (χ1) is 16.7. The lowest BCUT2D eigenvalue weighted by Crippen LogP contribution is -2.41. The van der Waals surface area contributed by atoms with Gasteiger partial charge in [-0.15, -0.1) is 5.10 Å². The van der Waals surface area contributed by atoms with Crippen LogP contribution in [0.15, 0.2) is 29.2 Å². The molecule has 1 aromatic carbocycles. The van der Waals surface area contributed by atoms with Gasteiger partial charge < -0.3 is 9.16 Å². The third kappa shape index (κ3) is 6.02. The van der Waals surface area contributed by atoms with Crippen molar-refractivity contribution in [3.63, 3.8) is 0 Å². The van der Waals surface area contributed by atoms with Crippen LogP contribution in [0, 0.1) is 12.7 Å². The number of ether oxygens (including phenoxy) is 1. The van der Waals surface area contributed by atoms with Crippen LogP contribution in [-0.4, -0.2) is 42.7 Å². The molecule has 0 aliphatic carbocycles. The minimum absolute atomic E-state index is 0.0437. The molecule has 0 atom stereocenters. The Bertz CT molecular complexity index is 1340. The SMILES string of the molecule is COc1ccc(Cl)c(F)c1-c1cc(C)ncc1C(=O)Nc1nn(CCO[Si](C)(C)C(C)(C)C)c(=O)s1. The minimum atomic E-state index is -1.97. The number of hydrogen-bond acceptors (Lipinski definition) is 7. The lowest BCUT2D eigenvalue weighted by molar-refractivity contribution is 0.102. The average Bonchev–Trinajstić information content (AvgIpc) is 3.13. The molecule has 3 aromatic rings. The molecule has 0 radical (unpaired) electrons. The lowest BCUT2D eigenvalue weighted by atomic mass is 9.98. The number of benzene rings is 1. The molecular weight excluding hydrogens is 523 g/mol. The van der Waals surface area contributed by atoms with Crippen molar-refractivity contribution in [3.8, 4) is 16.9 Å². The summed E-state index contributed by atoms with van der Waals surface area (Å²) in [5.74, 6) is -1.10. The molecule has 0 aliphatic rings. The number of anilines is 1. The van der Waals surface area contributed by atoms with Crippen LogP contribution in [-0.2, 0) is 11.0 Å². The summed E-state index contributed by atoms with van der Waals surface area (Å²) in [5, 5.41) is 6.91. The van der Waals surface area contributed by atoms with Gasteiger partial charge in [-0.1, -0.05) is 32.4 Å². The van der Waals surface area contributed by atoms with Crippen LogP contribution in [0.1, 0.15) is 36.8 Å². The zero-order valence-corrected chi connectivity index (χ0v) is 23.9. The molecule has 194 valence electrons. The van der Waals surface area contributed by atoms with Crippen LogP contribution in [0.5, 0.6) is 5.75 Å². The molecule has 0 spiro atoms. The van der Waals surface area contributed by atoms with Crippen molar-refractivity contribution in [1.29, 1.82) is 0 Å². The van der Waals surface area contributed by atoms with E-state index in [0.29, 0.717) is 12.3 Å². The number of carbonyl (C=O) groups excluding carboxylic acids is 1. The van der Waals surface area contributed by atoms with E-state index in [1.165, 1.54) is 30.1 Å². The first-order valence-electron chi connectivity index (χ1n) is 11.3. The minimum Gasteiger partial charge on any atom is -0.496 e. The Balaban J connectivity index is 1.85. The van der Waals surface area contributed by atoms with Gasteiger partial charge in [-0.25, -0.2) is 9.07 Å². The number of methoxy groups -OCH3 is 1. The highest BCUT2D eigenvalue weighted by molar-refractivity contribution is 7.13. The maximum Gasteiger partial charge on any atom is 0.326 e. The molecule has 0 unspecified atom stereocenters. The Morgan fingerprint density at radius 2 is 2.00 bits per heavy atom. The number of rotatable bonds is 8. The van der Waals surface area contributed by atoms with E-state index >= 15 is 4.39 Å². The average molecular weight is 553 g/mol. The number of nitrogens with zero attached hydrogens (tertiary/aromatic N) is 3. The number of pyridine rings is 1. The van der Waals surface area contributed by atoms with Crippen LogP contribution in [0.4, 0.5) is 9.52 Å². The molecule has 0 bridgehead atoms. The van der Waals surface area contributed by atoms with Crippen LogP contribution in [0.25, 0.3) is 11.1 Å². The quantitative estimate of drug-likeness (QED) is 0.357. The van der Waals surface area contributed by atoms with Gasteiger partial charge in [0.1, 0.15) is 5.75 Å². The fourth-order valence-electron chi connectivity index (χ4n) is 3.17. The molecule has 12 heteroatoms. The standard InChI is InChI=1S/C24H30ClFN4O4SSi/c1-14-12-15(19-18(33-5)9-8-17(25)20(19)26)16(13-27-14)21(31)28-22-29-30(23(32)35-22)10-11-34-36(6,7)24(2,3)4/h8-9,12-13H,10-11H2,1-7H3,(H,28,29,31). The van der Waals surface area contributed by atoms with E-state index in [1.807, 2.05) is 0 Å². The number of nitrogens with one attached hydrogen (secondary N) is 1. The van der Waals surface area contributed by atoms with E-state index in [0.717, 1.165) is 11.3 Å². The van der Waals surface area contributed by atoms with Gasteiger partial charge in [0, 0.05) is 17.5 Å². The van der Waals surface area contributed by atoms with Crippen molar-refractivity contribution < 1.29 is 18.3 Å². The van der Waals surface area contributed by atoms with E-state index in [1.54, 1.807) is 13.0 Å². The van der Waals surface area contributed by atoms with Crippen LogP contribution >= 0.6 is 22.9 Å². The summed E-state index contributed by atoms with van der Waals surface area (Å²) >= 11 is 6.81.